The van der Waals surface area contributed by atoms with Crippen LogP contribution in [0.5, 0.6) is 0 Å². The van der Waals surface area contributed by atoms with Gasteiger partial charge in [0.1, 0.15) is 0 Å². The molecule has 0 aliphatic heterocycles. The number of ketones is 1. The summed E-state index contributed by atoms with van der Waals surface area (Å²) in [6.45, 7) is 0.340. The van der Waals surface area contributed by atoms with E-state index in [0.717, 1.165) is 5.56 Å². The molecule has 0 unspecified atom stereocenters. The van der Waals surface area contributed by atoms with Crippen LogP contribution in [0.15, 0.2) is 54.6 Å². The van der Waals surface area contributed by atoms with Crippen LogP contribution in [-0.4, -0.2) is 11.7 Å². The molecular formula is C17H14N2O2. The Labute approximate surface area is 123 Å². The second kappa shape index (κ2) is 7.01. The molecule has 4 nitrogen and oxygen atoms in total. The van der Waals surface area contributed by atoms with Gasteiger partial charge in [0.2, 0.25) is 5.91 Å². The number of hydrogen-bond acceptors (Lipinski definition) is 3. The number of nitrogens with one attached hydrogen (secondary N) is 1. The Morgan fingerprint density at radius 2 is 1.67 bits per heavy atom. The number of nitrogens with zero attached hydrogens (tertiary/aromatic N) is 1. The molecule has 0 spiro atoms. The first-order chi connectivity index (χ1) is 10.2. The summed E-state index contributed by atoms with van der Waals surface area (Å²) in [6, 6.07) is 17.7. The lowest BCUT2D eigenvalue weighted by Gasteiger charge is -2.05. The first kappa shape index (κ1) is 14.5. The second-order valence-corrected chi connectivity index (χ2v) is 4.55. The van der Waals surface area contributed by atoms with E-state index in [1.54, 1.807) is 48.5 Å². The average Bonchev–Trinajstić information content (AvgIpc) is 2.54. The van der Waals surface area contributed by atoms with E-state index in [1.165, 1.54) is 0 Å². The number of carbonyl (C=O) groups is 2. The first-order valence-electron chi connectivity index (χ1n) is 6.53. The van der Waals surface area contributed by atoms with Crippen molar-refractivity contribution < 1.29 is 9.59 Å². The van der Waals surface area contributed by atoms with Gasteiger partial charge in [-0.25, -0.2) is 0 Å². The highest BCUT2D eigenvalue weighted by Crippen LogP contribution is 2.05. The lowest BCUT2D eigenvalue weighted by molar-refractivity contribution is -0.120. The Kier molecular flexibility index (Phi) is 4.84. The van der Waals surface area contributed by atoms with Gasteiger partial charge in [0.15, 0.2) is 5.78 Å². The van der Waals surface area contributed by atoms with Crippen LogP contribution in [0.25, 0.3) is 0 Å². The SMILES string of the molecule is N#Cc1ccc(CNC(=O)CC(=O)c2ccccc2)cc1. The third kappa shape index (κ3) is 4.29. The minimum absolute atomic E-state index is 0.166. The molecule has 4 heteroatoms. The predicted octanol–water partition coefficient (Wildman–Crippen LogP) is 2.45. The highest BCUT2D eigenvalue weighted by atomic mass is 16.2. The number of rotatable bonds is 5. The van der Waals surface area contributed by atoms with Crippen molar-refractivity contribution in [3.05, 3.63) is 71.3 Å². The van der Waals surface area contributed by atoms with Gasteiger partial charge in [0.05, 0.1) is 18.1 Å². The molecule has 0 aromatic heterocycles. The van der Waals surface area contributed by atoms with Crippen molar-refractivity contribution in [2.75, 3.05) is 0 Å². The van der Waals surface area contributed by atoms with Gasteiger partial charge in [-0.15, -0.1) is 0 Å². The normalized spacial score (nSPS) is 9.67. The van der Waals surface area contributed by atoms with Gasteiger partial charge >= 0.3 is 0 Å². The summed E-state index contributed by atoms with van der Waals surface area (Å²) >= 11 is 0. The molecule has 0 saturated heterocycles. The molecule has 1 amide bonds. The zero-order valence-electron chi connectivity index (χ0n) is 11.4. The number of Topliss-reactive ketones (excluding diaryl/α,β-unsaturated/α-hetero) is 1. The molecule has 1 N–H and O–H groups in total. The zero-order valence-corrected chi connectivity index (χ0v) is 11.4. The average molecular weight is 278 g/mol. The third-order valence-corrected chi connectivity index (χ3v) is 2.99. The van der Waals surface area contributed by atoms with Gasteiger partial charge in [-0.2, -0.15) is 5.26 Å². The van der Waals surface area contributed by atoms with Crippen molar-refractivity contribution in [1.29, 1.82) is 5.26 Å². The molecule has 0 fully saturated rings. The number of amides is 1. The Morgan fingerprint density at radius 3 is 2.29 bits per heavy atom. The molecule has 2 rings (SSSR count). The van der Waals surface area contributed by atoms with Crippen LogP contribution < -0.4 is 5.32 Å². The summed E-state index contributed by atoms with van der Waals surface area (Å²) in [4.78, 5) is 23.6. The molecule has 0 heterocycles. The summed E-state index contributed by atoms with van der Waals surface area (Å²) in [7, 11) is 0. The molecule has 104 valence electrons. The molecule has 0 atom stereocenters. The van der Waals surface area contributed by atoms with Crippen LogP contribution in [0.4, 0.5) is 0 Å². The molecule has 0 bridgehead atoms. The van der Waals surface area contributed by atoms with Crippen molar-refractivity contribution >= 4 is 11.7 Å². The monoisotopic (exact) mass is 278 g/mol. The smallest absolute Gasteiger partial charge is 0.228 e. The number of benzene rings is 2. The second-order valence-electron chi connectivity index (χ2n) is 4.55. The highest BCUT2D eigenvalue weighted by molar-refractivity contribution is 6.07. The van der Waals surface area contributed by atoms with E-state index in [-0.39, 0.29) is 18.1 Å². The quantitative estimate of drug-likeness (QED) is 0.674. The van der Waals surface area contributed by atoms with Gasteiger partial charge in [-0.3, -0.25) is 9.59 Å². The van der Waals surface area contributed by atoms with Crippen LogP contribution in [0, 0.1) is 11.3 Å². The van der Waals surface area contributed by atoms with Crippen molar-refractivity contribution in [3.8, 4) is 6.07 Å². The van der Waals surface area contributed by atoms with Gasteiger partial charge < -0.3 is 5.32 Å². The number of hydrogen-bond donors (Lipinski definition) is 1. The Morgan fingerprint density at radius 1 is 1.00 bits per heavy atom. The van der Waals surface area contributed by atoms with Crippen molar-refractivity contribution in [3.63, 3.8) is 0 Å². The van der Waals surface area contributed by atoms with Crippen LogP contribution >= 0.6 is 0 Å². The molecule has 0 aliphatic carbocycles. The van der Waals surface area contributed by atoms with E-state index in [9.17, 15) is 9.59 Å². The fourth-order valence-electron chi connectivity index (χ4n) is 1.83. The maximum absolute atomic E-state index is 11.9. The maximum Gasteiger partial charge on any atom is 0.228 e. The van der Waals surface area contributed by atoms with E-state index in [1.807, 2.05) is 12.1 Å². The summed E-state index contributed by atoms with van der Waals surface area (Å²) in [5.74, 6) is -0.513. The van der Waals surface area contributed by atoms with Crippen molar-refractivity contribution in [2.24, 2.45) is 0 Å². The summed E-state index contributed by atoms with van der Waals surface area (Å²) in [6.07, 6.45) is -0.166. The number of nitriles is 1. The molecule has 0 radical (unpaired) electrons. The van der Waals surface area contributed by atoms with E-state index in [0.29, 0.717) is 17.7 Å². The van der Waals surface area contributed by atoms with Gasteiger partial charge in [-0.05, 0) is 17.7 Å². The van der Waals surface area contributed by atoms with Gasteiger partial charge in [0, 0.05) is 12.1 Å². The lowest BCUT2D eigenvalue weighted by Crippen LogP contribution is -2.25. The van der Waals surface area contributed by atoms with Crippen molar-refractivity contribution in [1.82, 2.24) is 5.32 Å². The molecule has 0 aliphatic rings. The van der Waals surface area contributed by atoms with Crippen LogP contribution in [0.1, 0.15) is 27.9 Å². The minimum atomic E-state index is -0.312. The minimum Gasteiger partial charge on any atom is -0.352 e. The maximum atomic E-state index is 11.9. The van der Waals surface area contributed by atoms with E-state index in [2.05, 4.69) is 5.32 Å². The van der Waals surface area contributed by atoms with Gasteiger partial charge in [0.25, 0.3) is 0 Å². The van der Waals surface area contributed by atoms with Crippen molar-refractivity contribution in [2.45, 2.75) is 13.0 Å². The lowest BCUT2D eigenvalue weighted by atomic mass is 10.1. The molecule has 2 aromatic carbocycles. The summed E-state index contributed by atoms with van der Waals surface area (Å²) in [5.41, 5.74) is 1.99. The molecular weight excluding hydrogens is 264 g/mol. The fraction of sp³-hybridized carbons (Fsp3) is 0.118. The van der Waals surface area contributed by atoms with E-state index in [4.69, 9.17) is 5.26 Å². The Hall–Kier alpha value is -2.93. The van der Waals surface area contributed by atoms with Crippen LogP contribution in [0.2, 0.25) is 0 Å². The van der Waals surface area contributed by atoms with Gasteiger partial charge in [-0.1, -0.05) is 42.5 Å². The van der Waals surface area contributed by atoms with Crippen LogP contribution in [-0.2, 0) is 11.3 Å². The van der Waals surface area contributed by atoms with E-state index < -0.39 is 0 Å². The topological polar surface area (TPSA) is 70.0 Å². The standard InChI is InChI=1S/C17H14N2O2/c18-11-13-6-8-14(9-7-13)12-19-17(21)10-16(20)15-4-2-1-3-5-15/h1-9H,10,12H2,(H,19,21). The third-order valence-electron chi connectivity index (χ3n) is 2.99. The fourth-order valence-corrected chi connectivity index (χ4v) is 1.83. The van der Waals surface area contributed by atoms with Crippen LogP contribution in [0.3, 0.4) is 0 Å². The molecule has 0 saturated carbocycles. The van der Waals surface area contributed by atoms with E-state index >= 15 is 0 Å². The summed E-state index contributed by atoms with van der Waals surface area (Å²) in [5, 5.41) is 11.4. The Balaban J connectivity index is 1.85. The first-order valence-corrected chi connectivity index (χ1v) is 6.53. The predicted molar refractivity (Wildman–Crippen MR) is 78.4 cm³/mol. The zero-order chi connectivity index (χ0) is 15.1. The molecule has 2 aromatic rings. The Bertz CT molecular complexity index is 670. The molecule has 21 heavy (non-hydrogen) atoms. The summed E-state index contributed by atoms with van der Waals surface area (Å²) < 4.78 is 0. The number of carbonyl (C=O) groups excluding carboxylic acids is 2. The largest absolute Gasteiger partial charge is 0.352 e. The highest BCUT2D eigenvalue weighted by Gasteiger charge is 2.10.